The largest absolute Gasteiger partial charge is 0.379 e. The van der Waals surface area contributed by atoms with Crippen LogP contribution in [0.5, 0.6) is 0 Å². The second-order valence-electron chi connectivity index (χ2n) is 4.04. The molecule has 0 fully saturated rings. The molecule has 0 unspecified atom stereocenters. The van der Waals surface area contributed by atoms with E-state index in [0.29, 0.717) is 19.6 Å². The van der Waals surface area contributed by atoms with E-state index in [0.717, 1.165) is 11.3 Å². The molecule has 0 spiro atoms. The molecule has 0 radical (unpaired) electrons. The van der Waals surface area contributed by atoms with Crippen LogP contribution in [-0.4, -0.2) is 24.8 Å². The van der Waals surface area contributed by atoms with Crippen LogP contribution in [0.4, 0.5) is 0 Å². The normalized spacial score (nSPS) is 19.1. The van der Waals surface area contributed by atoms with Gasteiger partial charge in [0.25, 0.3) is 0 Å². The first kappa shape index (κ1) is 14.3. The summed E-state index contributed by atoms with van der Waals surface area (Å²) in [4.78, 5) is 5.27. The Labute approximate surface area is 113 Å². The van der Waals surface area contributed by atoms with E-state index in [1.807, 2.05) is 30.3 Å². The van der Waals surface area contributed by atoms with E-state index in [1.54, 1.807) is 13.8 Å². The first-order valence-corrected chi connectivity index (χ1v) is 7.97. The Morgan fingerprint density at radius 1 is 1.26 bits per heavy atom. The molecule has 2 rings (SSSR count). The number of nitrogens with zero attached hydrogens (tertiary/aromatic N) is 1. The molecule has 1 aromatic rings. The third-order valence-electron chi connectivity index (χ3n) is 2.73. The quantitative estimate of drug-likeness (QED) is 0.751. The number of hydrogen-bond acceptors (Lipinski definition) is 5. The molecule has 1 aliphatic heterocycles. The summed E-state index contributed by atoms with van der Waals surface area (Å²) in [5.74, 6) is -0.650. The van der Waals surface area contributed by atoms with Gasteiger partial charge in [-0.2, -0.15) is 0 Å². The molecule has 0 bridgehead atoms. The molecule has 0 aromatic heterocycles. The number of oxime groups is 1. The zero-order valence-electron chi connectivity index (χ0n) is 11.1. The summed E-state index contributed by atoms with van der Waals surface area (Å²) in [6.07, 6.45) is 0.432. The Morgan fingerprint density at radius 2 is 1.89 bits per heavy atom. The van der Waals surface area contributed by atoms with Crippen molar-refractivity contribution in [3.63, 3.8) is 0 Å². The lowest BCUT2D eigenvalue weighted by molar-refractivity contribution is 0.0959. The van der Waals surface area contributed by atoms with Crippen LogP contribution in [0.15, 0.2) is 35.5 Å². The maximum atomic E-state index is 12.5. The van der Waals surface area contributed by atoms with Crippen molar-refractivity contribution in [1.82, 2.24) is 0 Å². The molecule has 5 nitrogen and oxygen atoms in total. The lowest BCUT2D eigenvalue weighted by atomic mass is 10.1. The lowest BCUT2D eigenvalue weighted by Crippen LogP contribution is -2.14. The van der Waals surface area contributed by atoms with E-state index in [4.69, 9.17) is 13.9 Å². The molecule has 1 atom stereocenters. The van der Waals surface area contributed by atoms with Crippen LogP contribution in [0.25, 0.3) is 0 Å². The van der Waals surface area contributed by atoms with E-state index < -0.39 is 13.4 Å². The number of rotatable bonds is 6. The van der Waals surface area contributed by atoms with Crippen molar-refractivity contribution < 1.29 is 18.5 Å². The summed E-state index contributed by atoms with van der Waals surface area (Å²) in [6.45, 7) is 4.19. The standard InChI is InChI=1S/C13H18NO4P/c1-3-16-19(15,17-4-2)13-10-12(14-18-13)11-8-6-5-7-9-11/h5-9,13H,3-4,10H2,1-2H3/t13-/m0/s1. The highest BCUT2D eigenvalue weighted by molar-refractivity contribution is 7.54. The first-order chi connectivity index (χ1) is 9.19. The summed E-state index contributed by atoms with van der Waals surface area (Å²) in [5, 5.41) is 4.00. The van der Waals surface area contributed by atoms with E-state index >= 15 is 0 Å². The van der Waals surface area contributed by atoms with Gasteiger partial charge in [-0.15, -0.1) is 0 Å². The van der Waals surface area contributed by atoms with Gasteiger partial charge in [-0.3, -0.25) is 4.57 Å². The van der Waals surface area contributed by atoms with Crippen molar-refractivity contribution in [2.75, 3.05) is 13.2 Å². The molecule has 0 amide bonds. The molecule has 1 heterocycles. The topological polar surface area (TPSA) is 57.1 Å². The Morgan fingerprint density at radius 3 is 2.47 bits per heavy atom. The highest BCUT2D eigenvalue weighted by Gasteiger charge is 2.42. The summed E-state index contributed by atoms with van der Waals surface area (Å²) in [5.41, 5.74) is 1.73. The zero-order chi connectivity index (χ0) is 13.7. The number of benzene rings is 1. The van der Waals surface area contributed by atoms with Gasteiger partial charge in [-0.1, -0.05) is 35.5 Å². The van der Waals surface area contributed by atoms with Crippen LogP contribution in [0, 0.1) is 0 Å². The van der Waals surface area contributed by atoms with Crippen LogP contribution in [0.1, 0.15) is 25.8 Å². The van der Waals surface area contributed by atoms with Crippen molar-refractivity contribution in [3.8, 4) is 0 Å². The summed E-state index contributed by atoms with van der Waals surface area (Å²) in [7, 11) is -3.26. The van der Waals surface area contributed by atoms with Gasteiger partial charge in [0, 0.05) is 6.42 Å². The van der Waals surface area contributed by atoms with Crippen molar-refractivity contribution in [2.24, 2.45) is 5.16 Å². The Hall–Kier alpha value is -1.16. The molecule has 0 aliphatic carbocycles. The molecule has 0 saturated carbocycles. The zero-order valence-corrected chi connectivity index (χ0v) is 12.0. The lowest BCUT2D eigenvalue weighted by Gasteiger charge is -2.20. The number of hydrogen-bond donors (Lipinski definition) is 0. The molecule has 0 N–H and O–H groups in total. The molecule has 1 aliphatic rings. The van der Waals surface area contributed by atoms with Crippen LogP contribution in [-0.2, 0) is 18.5 Å². The van der Waals surface area contributed by atoms with Crippen LogP contribution < -0.4 is 0 Å². The molecular formula is C13H18NO4P. The summed E-state index contributed by atoms with van der Waals surface area (Å²) < 4.78 is 23.1. The monoisotopic (exact) mass is 283 g/mol. The van der Waals surface area contributed by atoms with Gasteiger partial charge < -0.3 is 13.9 Å². The van der Waals surface area contributed by atoms with Crippen LogP contribution >= 0.6 is 7.60 Å². The van der Waals surface area contributed by atoms with E-state index in [2.05, 4.69) is 5.16 Å². The summed E-state index contributed by atoms with van der Waals surface area (Å²) in [6, 6.07) is 9.67. The molecular weight excluding hydrogens is 265 g/mol. The molecule has 19 heavy (non-hydrogen) atoms. The van der Waals surface area contributed by atoms with Crippen LogP contribution in [0.2, 0.25) is 0 Å². The average Bonchev–Trinajstić information content (AvgIpc) is 2.90. The van der Waals surface area contributed by atoms with Gasteiger partial charge in [-0.05, 0) is 19.4 Å². The van der Waals surface area contributed by atoms with Crippen molar-refractivity contribution in [3.05, 3.63) is 35.9 Å². The third kappa shape index (κ3) is 3.24. The van der Waals surface area contributed by atoms with E-state index in [-0.39, 0.29) is 0 Å². The summed E-state index contributed by atoms with van der Waals surface area (Å²) >= 11 is 0. The third-order valence-corrected chi connectivity index (χ3v) is 4.95. The van der Waals surface area contributed by atoms with Gasteiger partial charge in [-0.25, -0.2) is 0 Å². The second-order valence-corrected chi connectivity index (χ2v) is 6.22. The van der Waals surface area contributed by atoms with Crippen molar-refractivity contribution in [2.45, 2.75) is 26.1 Å². The molecule has 104 valence electrons. The fourth-order valence-corrected chi connectivity index (χ4v) is 3.58. The van der Waals surface area contributed by atoms with Gasteiger partial charge in [0.2, 0.25) is 5.85 Å². The Balaban J connectivity index is 2.09. The molecule has 0 saturated heterocycles. The van der Waals surface area contributed by atoms with Gasteiger partial charge in [0.15, 0.2) is 0 Å². The smallest absolute Gasteiger partial charge is 0.374 e. The maximum absolute atomic E-state index is 12.5. The first-order valence-electron chi connectivity index (χ1n) is 6.36. The van der Waals surface area contributed by atoms with Crippen LogP contribution in [0.3, 0.4) is 0 Å². The average molecular weight is 283 g/mol. The predicted octanol–water partition coefficient (Wildman–Crippen LogP) is 3.40. The Bertz CT molecular complexity index is 479. The van der Waals surface area contributed by atoms with Crippen molar-refractivity contribution in [1.29, 1.82) is 0 Å². The predicted molar refractivity (Wildman–Crippen MR) is 73.3 cm³/mol. The Kier molecular flexibility index (Phi) is 4.75. The van der Waals surface area contributed by atoms with Crippen molar-refractivity contribution >= 4 is 13.3 Å². The fourth-order valence-electron chi connectivity index (χ4n) is 1.90. The maximum Gasteiger partial charge on any atom is 0.374 e. The SMILES string of the molecule is CCOP(=O)(OCC)[C@H]1CC(c2ccccc2)=NO1. The highest BCUT2D eigenvalue weighted by Crippen LogP contribution is 2.56. The van der Waals surface area contributed by atoms with Gasteiger partial charge in [0.1, 0.15) is 0 Å². The molecule has 1 aromatic carbocycles. The minimum absolute atomic E-state index is 0.317. The van der Waals surface area contributed by atoms with Gasteiger partial charge in [0.05, 0.1) is 18.9 Å². The minimum Gasteiger partial charge on any atom is -0.379 e. The second kappa shape index (κ2) is 6.33. The molecule has 6 heteroatoms. The fraction of sp³-hybridized carbons (Fsp3) is 0.462. The minimum atomic E-state index is -3.26. The van der Waals surface area contributed by atoms with E-state index in [9.17, 15) is 4.57 Å². The highest BCUT2D eigenvalue weighted by atomic mass is 31.2. The van der Waals surface area contributed by atoms with E-state index in [1.165, 1.54) is 0 Å². The van der Waals surface area contributed by atoms with Gasteiger partial charge >= 0.3 is 7.60 Å².